The molecule has 62 valence electrons. The van der Waals surface area contributed by atoms with Crippen molar-refractivity contribution >= 4 is 5.65 Å². The number of aryl methyl sites for hydroxylation is 2. The largest absolute Gasteiger partial charge is 0.429 e. The molecule has 0 aliphatic carbocycles. The van der Waals surface area contributed by atoms with Gasteiger partial charge in [0, 0.05) is 27.3 Å². The molecule has 0 radical (unpaired) electrons. The van der Waals surface area contributed by atoms with Crippen LogP contribution < -0.4 is 0 Å². The average Bonchev–Trinajstić information content (AvgIpc) is 2.34. The molecule has 2 aromatic rings. The van der Waals surface area contributed by atoms with Gasteiger partial charge < -0.3 is 10.5 Å². The first-order chi connectivity index (χ1) is 5.27. The molecule has 0 bridgehead atoms. The van der Waals surface area contributed by atoms with Gasteiger partial charge in [0.25, 0.3) is 0 Å². The van der Waals surface area contributed by atoms with Crippen LogP contribution >= 0.6 is 0 Å². The van der Waals surface area contributed by atoms with Crippen molar-refractivity contribution in [1.82, 2.24) is 9.38 Å². The van der Waals surface area contributed by atoms with Gasteiger partial charge in [-0.3, -0.25) is 4.98 Å². The van der Waals surface area contributed by atoms with Gasteiger partial charge >= 0.3 is 0 Å². The van der Waals surface area contributed by atoms with Crippen LogP contribution in [0.25, 0.3) is 5.65 Å². The molecule has 0 fully saturated rings. The Labute approximate surface area is 85.9 Å². The Morgan fingerprint density at radius 2 is 2.17 bits per heavy atom. The van der Waals surface area contributed by atoms with E-state index in [0.717, 1.165) is 17.0 Å². The number of fused-ring (bicyclic) bond motifs is 1. The van der Waals surface area contributed by atoms with Gasteiger partial charge in [-0.05, 0) is 12.1 Å². The van der Waals surface area contributed by atoms with Crippen molar-refractivity contribution in [3.05, 3.63) is 35.8 Å². The van der Waals surface area contributed by atoms with Gasteiger partial charge in [-0.15, -0.1) is 5.69 Å². The van der Waals surface area contributed by atoms with E-state index in [0.29, 0.717) is 0 Å². The second-order valence-corrected chi connectivity index (χ2v) is 2.64. The minimum atomic E-state index is 0. The molecule has 0 N–H and O–H groups in total. The SMILES string of the molecule is Cc1[c-]c(C)n2cccc2n1.[W]. The summed E-state index contributed by atoms with van der Waals surface area (Å²) in [5.41, 5.74) is 3.06. The summed E-state index contributed by atoms with van der Waals surface area (Å²) < 4.78 is 2.02. The normalized spacial score (nSPS) is 9.83. The van der Waals surface area contributed by atoms with Crippen molar-refractivity contribution in [2.75, 3.05) is 0 Å². The van der Waals surface area contributed by atoms with E-state index in [1.165, 1.54) is 0 Å². The number of hydrogen-bond donors (Lipinski definition) is 0. The molecule has 0 aliphatic heterocycles. The Hall–Kier alpha value is -0.622. The third kappa shape index (κ3) is 1.44. The maximum Gasteiger partial charge on any atom is 0.131 e. The van der Waals surface area contributed by atoms with Crippen molar-refractivity contribution in [3.63, 3.8) is 0 Å². The van der Waals surface area contributed by atoms with E-state index in [1.807, 2.05) is 36.6 Å². The summed E-state index contributed by atoms with van der Waals surface area (Å²) >= 11 is 0. The molecule has 12 heavy (non-hydrogen) atoms. The Balaban J connectivity index is 0.000000720. The van der Waals surface area contributed by atoms with Gasteiger partial charge in [-0.1, -0.05) is 13.8 Å². The molecule has 0 saturated carbocycles. The summed E-state index contributed by atoms with van der Waals surface area (Å²) in [6, 6.07) is 7.13. The minimum absolute atomic E-state index is 0. The van der Waals surface area contributed by atoms with Gasteiger partial charge in [0.2, 0.25) is 0 Å². The molecule has 0 saturated heterocycles. The fourth-order valence-corrected chi connectivity index (χ4v) is 1.27. The fourth-order valence-electron chi connectivity index (χ4n) is 1.27. The van der Waals surface area contributed by atoms with E-state index < -0.39 is 0 Å². The van der Waals surface area contributed by atoms with Crippen LogP contribution in [0.5, 0.6) is 0 Å². The smallest absolute Gasteiger partial charge is 0.131 e. The zero-order valence-corrected chi connectivity index (χ0v) is 9.97. The van der Waals surface area contributed by atoms with E-state index in [-0.39, 0.29) is 21.1 Å². The summed E-state index contributed by atoms with van der Waals surface area (Å²) in [5.74, 6) is 0. The molecular weight excluding hydrogens is 320 g/mol. The van der Waals surface area contributed by atoms with E-state index in [1.54, 1.807) is 0 Å². The number of nitrogens with zero attached hydrogens (tertiary/aromatic N) is 2. The minimum Gasteiger partial charge on any atom is -0.429 e. The van der Waals surface area contributed by atoms with E-state index in [9.17, 15) is 0 Å². The van der Waals surface area contributed by atoms with Crippen molar-refractivity contribution in [2.45, 2.75) is 13.8 Å². The predicted octanol–water partition coefficient (Wildman–Crippen LogP) is 1.75. The van der Waals surface area contributed by atoms with Gasteiger partial charge in [0.1, 0.15) is 5.65 Å². The Kier molecular flexibility index (Phi) is 2.68. The first kappa shape index (κ1) is 9.47. The van der Waals surface area contributed by atoms with Gasteiger partial charge in [-0.2, -0.15) is 5.69 Å². The fraction of sp³-hybridized carbons (Fsp3) is 0.222. The molecule has 2 heterocycles. The Morgan fingerprint density at radius 3 is 2.92 bits per heavy atom. The van der Waals surface area contributed by atoms with Crippen molar-refractivity contribution in [2.24, 2.45) is 0 Å². The van der Waals surface area contributed by atoms with Crippen LogP contribution in [0.4, 0.5) is 0 Å². The average molecular weight is 329 g/mol. The molecule has 2 rings (SSSR count). The molecule has 0 aliphatic rings. The third-order valence-electron chi connectivity index (χ3n) is 1.73. The number of hydrogen-bond acceptors (Lipinski definition) is 1. The van der Waals surface area contributed by atoms with E-state index in [2.05, 4.69) is 11.1 Å². The first-order valence-electron chi connectivity index (χ1n) is 3.61. The van der Waals surface area contributed by atoms with Gasteiger partial charge in [-0.25, -0.2) is 0 Å². The van der Waals surface area contributed by atoms with E-state index in [4.69, 9.17) is 0 Å². The topological polar surface area (TPSA) is 17.3 Å². The Bertz CT molecular complexity index is 392. The zero-order chi connectivity index (χ0) is 7.84. The van der Waals surface area contributed by atoms with Crippen LogP contribution in [-0.4, -0.2) is 9.38 Å². The summed E-state index contributed by atoms with van der Waals surface area (Å²) in [7, 11) is 0. The summed E-state index contributed by atoms with van der Waals surface area (Å²) in [4.78, 5) is 4.30. The monoisotopic (exact) mass is 329 g/mol. The maximum absolute atomic E-state index is 4.30. The van der Waals surface area contributed by atoms with Crippen LogP contribution in [0.1, 0.15) is 11.4 Å². The maximum atomic E-state index is 4.30. The van der Waals surface area contributed by atoms with Gasteiger partial charge in [0.05, 0.1) is 0 Å². The third-order valence-corrected chi connectivity index (χ3v) is 1.73. The first-order valence-corrected chi connectivity index (χ1v) is 3.61. The number of aromatic nitrogens is 2. The second kappa shape index (κ2) is 3.40. The van der Waals surface area contributed by atoms with Gasteiger partial charge in [0.15, 0.2) is 0 Å². The molecule has 0 amide bonds. The molecule has 0 unspecified atom stereocenters. The van der Waals surface area contributed by atoms with Crippen molar-refractivity contribution in [1.29, 1.82) is 0 Å². The predicted molar refractivity (Wildman–Crippen MR) is 43.5 cm³/mol. The summed E-state index contributed by atoms with van der Waals surface area (Å²) in [6.07, 6.45) is 1.99. The second-order valence-electron chi connectivity index (χ2n) is 2.64. The Morgan fingerprint density at radius 1 is 1.42 bits per heavy atom. The summed E-state index contributed by atoms with van der Waals surface area (Å²) in [6.45, 7) is 3.99. The molecule has 2 aromatic heterocycles. The molecule has 0 aromatic carbocycles. The van der Waals surface area contributed by atoms with Crippen LogP contribution in [0.3, 0.4) is 0 Å². The van der Waals surface area contributed by atoms with Crippen molar-refractivity contribution in [3.8, 4) is 0 Å². The van der Waals surface area contributed by atoms with Crippen LogP contribution in [0, 0.1) is 19.9 Å². The quantitative estimate of drug-likeness (QED) is 0.673. The molecule has 0 spiro atoms. The molecule has 2 nitrogen and oxygen atoms in total. The van der Waals surface area contributed by atoms with Crippen molar-refractivity contribution < 1.29 is 21.1 Å². The standard InChI is InChI=1S/C9H9N2.W/c1-7-6-8(2)11-5-3-4-9(11)10-7;/h3-5H,1-2H3;/q-1;. The summed E-state index contributed by atoms with van der Waals surface area (Å²) in [5, 5.41) is 0. The van der Waals surface area contributed by atoms with E-state index >= 15 is 0 Å². The van der Waals surface area contributed by atoms with Crippen LogP contribution in [-0.2, 0) is 21.1 Å². The number of rotatable bonds is 0. The van der Waals surface area contributed by atoms with Crippen LogP contribution in [0.2, 0.25) is 0 Å². The molecule has 0 atom stereocenters. The molecular formula is C9H9N2W-. The zero-order valence-electron chi connectivity index (χ0n) is 7.03. The molecule has 3 heteroatoms. The van der Waals surface area contributed by atoms with Crippen LogP contribution in [0.15, 0.2) is 18.3 Å².